The summed E-state index contributed by atoms with van der Waals surface area (Å²) in [5.74, 6) is 1.70. The van der Waals surface area contributed by atoms with Crippen LogP contribution in [0, 0.1) is 6.42 Å². The van der Waals surface area contributed by atoms with Gasteiger partial charge in [0.1, 0.15) is 11.5 Å². The minimum absolute atomic E-state index is 0.422. The predicted octanol–water partition coefficient (Wildman–Crippen LogP) is 4.96. The van der Waals surface area contributed by atoms with Crippen molar-refractivity contribution in [3.63, 3.8) is 0 Å². The van der Waals surface area contributed by atoms with Crippen LogP contribution in [0.15, 0.2) is 78.9 Å². The van der Waals surface area contributed by atoms with Crippen LogP contribution in [0.1, 0.15) is 23.6 Å². The number of rotatable bonds is 8. The van der Waals surface area contributed by atoms with Gasteiger partial charge in [0.05, 0.1) is 19.8 Å². The molecule has 0 atom stereocenters. The van der Waals surface area contributed by atoms with Crippen molar-refractivity contribution in [2.24, 2.45) is 0 Å². The first-order valence-electron chi connectivity index (χ1n) is 9.10. The largest absolute Gasteiger partial charge is 0.497 e. The number of ether oxygens (including phenoxy) is 2. The van der Waals surface area contributed by atoms with Gasteiger partial charge in [-0.3, -0.25) is 5.32 Å². The Hall–Kier alpha value is -2.78. The molecular formula is C24H26NO2. The summed E-state index contributed by atoms with van der Waals surface area (Å²) in [5, 5.41) is 3.77. The number of nitrogens with one attached hydrogen (secondary N) is 1. The molecule has 3 rings (SSSR count). The second kappa shape index (κ2) is 8.74. The molecule has 139 valence electrons. The van der Waals surface area contributed by atoms with E-state index in [0.717, 1.165) is 29.2 Å². The summed E-state index contributed by atoms with van der Waals surface area (Å²) in [6.45, 7) is 2.84. The van der Waals surface area contributed by atoms with Crippen molar-refractivity contribution in [3.05, 3.63) is 102 Å². The Labute approximate surface area is 162 Å². The first kappa shape index (κ1) is 19.0. The van der Waals surface area contributed by atoms with Crippen molar-refractivity contribution in [2.45, 2.75) is 19.0 Å². The molecule has 0 aliphatic carbocycles. The fourth-order valence-corrected chi connectivity index (χ4v) is 3.35. The van der Waals surface area contributed by atoms with Crippen LogP contribution >= 0.6 is 0 Å². The molecule has 1 N–H and O–H groups in total. The van der Waals surface area contributed by atoms with Crippen LogP contribution in [0.4, 0.5) is 0 Å². The average Bonchev–Trinajstić information content (AvgIpc) is 2.76. The highest BCUT2D eigenvalue weighted by Gasteiger charge is 2.32. The van der Waals surface area contributed by atoms with Crippen LogP contribution in [0.2, 0.25) is 0 Å². The molecule has 0 aromatic heterocycles. The van der Waals surface area contributed by atoms with E-state index < -0.39 is 5.54 Å². The first-order chi connectivity index (χ1) is 13.2. The second-order valence-electron chi connectivity index (χ2n) is 6.39. The van der Waals surface area contributed by atoms with Gasteiger partial charge in [-0.05, 0) is 47.4 Å². The zero-order valence-corrected chi connectivity index (χ0v) is 16.1. The van der Waals surface area contributed by atoms with Gasteiger partial charge in [0, 0.05) is 6.54 Å². The van der Waals surface area contributed by atoms with E-state index in [0.29, 0.717) is 0 Å². The summed E-state index contributed by atoms with van der Waals surface area (Å²) in [6, 6.07) is 26.9. The fourth-order valence-electron chi connectivity index (χ4n) is 3.35. The van der Waals surface area contributed by atoms with E-state index in [2.05, 4.69) is 67.2 Å². The Kier molecular flexibility index (Phi) is 6.15. The van der Waals surface area contributed by atoms with Gasteiger partial charge < -0.3 is 9.47 Å². The third-order valence-electron chi connectivity index (χ3n) is 4.94. The molecular weight excluding hydrogens is 334 g/mol. The minimum Gasteiger partial charge on any atom is -0.497 e. The summed E-state index contributed by atoms with van der Waals surface area (Å²) in [7, 11) is 3.37. The molecule has 0 unspecified atom stereocenters. The average molecular weight is 360 g/mol. The van der Waals surface area contributed by atoms with E-state index in [9.17, 15) is 0 Å². The smallest absolute Gasteiger partial charge is 0.118 e. The molecule has 0 bridgehead atoms. The molecule has 3 aromatic carbocycles. The molecule has 0 saturated heterocycles. The molecule has 1 radical (unpaired) electrons. The van der Waals surface area contributed by atoms with Crippen LogP contribution in [-0.2, 0) is 12.1 Å². The van der Waals surface area contributed by atoms with Gasteiger partial charge in [0.15, 0.2) is 0 Å². The number of hydrogen-bond acceptors (Lipinski definition) is 3. The molecule has 3 aromatic rings. The maximum atomic E-state index is 5.33. The minimum atomic E-state index is -0.422. The molecule has 3 heteroatoms. The molecule has 0 aliphatic rings. The van der Waals surface area contributed by atoms with Gasteiger partial charge in [-0.2, -0.15) is 0 Å². The molecule has 27 heavy (non-hydrogen) atoms. The third-order valence-corrected chi connectivity index (χ3v) is 4.94. The Morgan fingerprint density at radius 1 is 0.741 bits per heavy atom. The van der Waals surface area contributed by atoms with Crippen molar-refractivity contribution < 1.29 is 9.47 Å². The van der Waals surface area contributed by atoms with Crippen molar-refractivity contribution in [1.82, 2.24) is 5.32 Å². The van der Waals surface area contributed by atoms with E-state index >= 15 is 0 Å². The predicted molar refractivity (Wildman–Crippen MR) is 110 cm³/mol. The molecule has 0 aliphatic heterocycles. The van der Waals surface area contributed by atoms with E-state index in [1.807, 2.05) is 30.3 Å². The number of hydrogen-bond donors (Lipinski definition) is 1. The fraction of sp³-hybridized carbons (Fsp3) is 0.208. The lowest BCUT2D eigenvalue weighted by Crippen LogP contribution is -2.43. The van der Waals surface area contributed by atoms with E-state index in [4.69, 9.17) is 9.47 Å². The number of benzene rings is 3. The highest BCUT2D eigenvalue weighted by atomic mass is 16.5. The van der Waals surface area contributed by atoms with Crippen LogP contribution in [-0.4, -0.2) is 14.2 Å². The molecule has 0 heterocycles. The van der Waals surface area contributed by atoms with Crippen molar-refractivity contribution in [1.29, 1.82) is 0 Å². The molecule has 0 spiro atoms. The normalized spacial score (nSPS) is 11.2. The maximum Gasteiger partial charge on any atom is 0.118 e. The zero-order valence-electron chi connectivity index (χ0n) is 16.1. The summed E-state index contributed by atoms with van der Waals surface area (Å²) in [4.78, 5) is 0. The van der Waals surface area contributed by atoms with E-state index in [1.54, 1.807) is 14.2 Å². The lowest BCUT2D eigenvalue weighted by Gasteiger charge is -2.35. The van der Waals surface area contributed by atoms with Crippen LogP contribution in [0.25, 0.3) is 0 Å². The second-order valence-corrected chi connectivity index (χ2v) is 6.39. The third kappa shape index (κ3) is 4.15. The Bertz CT molecular complexity index is 779. The van der Waals surface area contributed by atoms with E-state index in [-0.39, 0.29) is 0 Å². The topological polar surface area (TPSA) is 30.5 Å². The van der Waals surface area contributed by atoms with Crippen molar-refractivity contribution in [3.8, 4) is 11.5 Å². The Morgan fingerprint density at radius 2 is 1.22 bits per heavy atom. The van der Waals surface area contributed by atoms with Gasteiger partial charge in [0.2, 0.25) is 0 Å². The van der Waals surface area contributed by atoms with Gasteiger partial charge in [-0.15, -0.1) is 0 Å². The zero-order chi connectivity index (χ0) is 19.1. The number of methoxy groups -OCH3 is 2. The van der Waals surface area contributed by atoms with Crippen LogP contribution in [0.3, 0.4) is 0 Å². The highest BCUT2D eigenvalue weighted by Crippen LogP contribution is 2.34. The maximum absolute atomic E-state index is 5.33. The van der Waals surface area contributed by atoms with Crippen molar-refractivity contribution in [2.75, 3.05) is 14.2 Å². The van der Waals surface area contributed by atoms with Gasteiger partial charge in [-0.25, -0.2) is 0 Å². The van der Waals surface area contributed by atoms with Crippen LogP contribution in [0.5, 0.6) is 11.5 Å². The summed E-state index contributed by atoms with van der Waals surface area (Å²) in [6.07, 6.45) is 2.21. The summed E-state index contributed by atoms with van der Waals surface area (Å²) >= 11 is 0. The molecule has 0 saturated carbocycles. The summed E-state index contributed by atoms with van der Waals surface area (Å²) in [5.41, 5.74) is 3.14. The van der Waals surface area contributed by atoms with Gasteiger partial charge in [0.25, 0.3) is 0 Å². The highest BCUT2D eigenvalue weighted by molar-refractivity contribution is 5.45. The lowest BCUT2D eigenvalue weighted by atomic mass is 9.80. The van der Waals surface area contributed by atoms with Crippen LogP contribution < -0.4 is 14.8 Å². The quantitative estimate of drug-likeness (QED) is 0.616. The Balaban J connectivity index is 2.01. The molecule has 0 amide bonds. The Morgan fingerprint density at radius 3 is 1.63 bits per heavy atom. The van der Waals surface area contributed by atoms with E-state index in [1.165, 1.54) is 5.56 Å². The van der Waals surface area contributed by atoms with Gasteiger partial charge >= 0.3 is 0 Å². The summed E-state index contributed by atoms with van der Waals surface area (Å²) < 4.78 is 10.7. The first-order valence-corrected chi connectivity index (χ1v) is 9.10. The SMILES string of the molecule is C[CH]C(NCc1ccccc1)(c1ccc(OC)cc1)c1ccc(OC)cc1. The lowest BCUT2D eigenvalue weighted by molar-refractivity contribution is 0.411. The standard InChI is InChI=1S/C24H26NO2/c1-4-24(20-10-14-22(26-2)15-11-20,21-12-16-23(27-3)17-13-21)25-18-19-8-6-5-7-9-19/h4-17,25H,18H2,1-3H3. The molecule has 0 fully saturated rings. The molecule has 3 nitrogen and oxygen atoms in total. The van der Waals surface area contributed by atoms with Crippen molar-refractivity contribution >= 4 is 0 Å². The van der Waals surface area contributed by atoms with Gasteiger partial charge in [-0.1, -0.05) is 61.5 Å². The monoisotopic (exact) mass is 360 g/mol.